The zero-order valence-electron chi connectivity index (χ0n) is 18.4. The summed E-state index contributed by atoms with van der Waals surface area (Å²) in [4.78, 5) is 35.1. The lowest BCUT2D eigenvalue weighted by atomic mass is 10.1. The molecule has 1 saturated carbocycles. The number of carbonyl (C=O) groups excluding carboxylic acids is 1. The molecular formula is C21H26F3N5O3S. The average molecular weight is 486 g/mol. The highest BCUT2D eigenvalue weighted by atomic mass is 32.1. The quantitative estimate of drug-likeness (QED) is 0.546. The summed E-state index contributed by atoms with van der Waals surface area (Å²) in [5.41, 5.74) is 1.48. The molecular weight excluding hydrogens is 459 g/mol. The SMILES string of the molecule is CCO[C@H](CNc1cc(=O)n2c(n1)N(CC(=O)c1scnc1C)[C@H](C(F)(F)F)CC2)C1CC1. The van der Waals surface area contributed by atoms with Gasteiger partial charge in [0.15, 0.2) is 5.78 Å². The highest BCUT2D eigenvalue weighted by molar-refractivity contribution is 7.12. The third-order valence-electron chi connectivity index (χ3n) is 5.95. The summed E-state index contributed by atoms with van der Waals surface area (Å²) in [6.07, 6.45) is -2.85. The van der Waals surface area contributed by atoms with Crippen molar-refractivity contribution < 1.29 is 22.7 Å². The Kier molecular flexibility index (Phi) is 6.76. The predicted molar refractivity (Wildman–Crippen MR) is 118 cm³/mol. The Bertz CT molecular complexity index is 1070. The minimum absolute atomic E-state index is 0.0505. The van der Waals surface area contributed by atoms with Crippen LogP contribution in [0.4, 0.5) is 24.9 Å². The molecule has 3 heterocycles. The van der Waals surface area contributed by atoms with Gasteiger partial charge < -0.3 is 15.0 Å². The van der Waals surface area contributed by atoms with Gasteiger partial charge in [0.05, 0.1) is 28.7 Å². The number of aryl methyl sites for hydroxylation is 1. The van der Waals surface area contributed by atoms with Crippen molar-refractivity contribution in [1.29, 1.82) is 0 Å². The number of hydrogen-bond donors (Lipinski definition) is 1. The van der Waals surface area contributed by atoms with Crippen LogP contribution in [0, 0.1) is 12.8 Å². The van der Waals surface area contributed by atoms with Crippen LogP contribution in [0.1, 0.15) is 41.6 Å². The molecule has 0 amide bonds. The summed E-state index contributed by atoms with van der Waals surface area (Å²) < 4.78 is 48.6. The maximum Gasteiger partial charge on any atom is 0.408 e. The van der Waals surface area contributed by atoms with Gasteiger partial charge in [-0.25, -0.2) is 4.98 Å². The van der Waals surface area contributed by atoms with Crippen LogP contribution < -0.4 is 15.8 Å². The van der Waals surface area contributed by atoms with E-state index in [-0.39, 0.29) is 30.8 Å². The number of nitrogens with zero attached hydrogens (tertiary/aromatic N) is 4. The van der Waals surface area contributed by atoms with E-state index in [0.29, 0.717) is 29.6 Å². The van der Waals surface area contributed by atoms with Crippen LogP contribution in [0.2, 0.25) is 0 Å². The predicted octanol–water partition coefficient (Wildman–Crippen LogP) is 3.26. The van der Waals surface area contributed by atoms with Crippen LogP contribution >= 0.6 is 11.3 Å². The van der Waals surface area contributed by atoms with E-state index in [1.165, 1.54) is 16.1 Å². The standard InChI is InChI=1S/C21H26F3N5O3S/c1-3-32-15(13-4-5-13)9-25-17-8-18(31)28-7-6-16(21(22,23)24)29(20(28)27-17)10-14(30)19-12(2)26-11-33-19/h8,11,13,15-16,25H,3-7,9-10H2,1-2H3/t15-,16+/m1/s1. The highest BCUT2D eigenvalue weighted by Gasteiger charge is 2.47. The van der Waals surface area contributed by atoms with Crippen molar-refractivity contribution in [3.05, 3.63) is 32.5 Å². The number of ketones is 1. The number of Topliss-reactive ketones (excluding diaryl/α,β-unsaturated/α-hetero) is 1. The van der Waals surface area contributed by atoms with Crippen LogP contribution in [0.25, 0.3) is 0 Å². The summed E-state index contributed by atoms with van der Waals surface area (Å²) in [7, 11) is 0. The lowest BCUT2D eigenvalue weighted by molar-refractivity contribution is -0.152. The number of nitrogens with one attached hydrogen (secondary N) is 1. The van der Waals surface area contributed by atoms with E-state index in [1.54, 1.807) is 6.92 Å². The zero-order chi connectivity index (χ0) is 23.8. The number of hydrogen-bond acceptors (Lipinski definition) is 8. The van der Waals surface area contributed by atoms with Gasteiger partial charge in [-0.05, 0) is 39.0 Å². The number of ether oxygens (including phenoxy) is 1. The third kappa shape index (κ3) is 5.21. The minimum atomic E-state index is -4.58. The number of anilines is 2. The molecule has 33 heavy (non-hydrogen) atoms. The van der Waals surface area contributed by atoms with E-state index in [0.717, 1.165) is 29.1 Å². The molecule has 0 unspecified atom stereocenters. The van der Waals surface area contributed by atoms with Crippen molar-refractivity contribution in [2.75, 3.05) is 29.9 Å². The van der Waals surface area contributed by atoms with Gasteiger partial charge in [-0.1, -0.05) is 0 Å². The highest BCUT2D eigenvalue weighted by Crippen LogP contribution is 2.36. The first-order valence-corrected chi connectivity index (χ1v) is 11.8. The molecule has 2 aromatic heterocycles. The van der Waals surface area contributed by atoms with Crippen molar-refractivity contribution in [2.45, 2.75) is 58.0 Å². The fourth-order valence-corrected chi connectivity index (χ4v) is 4.86. The first-order chi connectivity index (χ1) is 15.7. The van der Waals surface area contributed by atoms with Gasteiger partial charge in [0.1, 0.15) is 11.9 Å². The molecule has 2 atom stereocenters. The van der Waals surface area contributed by atoms with Gasteiger partial charge in [-0.2, -0.15) is 18.2 Å². The number of rotatable bonds is 9. The smallest absolute Gasteiger partial charge is 0.376 e. The Morgan fingerprint density at radius 3 is 2.73 bits per heavy atom. The summed E-state index contributed by atoms with van der Waals surface area (Å²) in [6.45, 7) is 3.80. The van der Waals surface area contributed by atoms with E-state index >= 15 is 0 Å². The second-order valence-electron chi connectivity index (χ2n) is 8.31. The Morgan fingerprint density at radius 1 is 1.36 bits per heavy atom. The lowest BCUT2D eigenvalue weighted by Crippen LogP contribution is -2.54. The molecule has 12 heteroatoms. The first kappa shape index (κ1) is 23.7. The fraction of sp³-hybridized carbons (Fsp3) is 0.619. The van der Waals surface area contributed by atoms with E-state index < -0.39 is 30.1 Å². The summed E-state index contributed by atoms with van der Waals surface area (Å²) in [5.74, 6) is -0.0441. The molecule has 0 bridgehead atoms. The van der Waals surface area contributed by atoms with Crippen molar-refractivity contribution in [3.8, 4) is 0 Å². The summed E-state index contributed by atoms with van der Waals surface area (Å²) >= 11 is 1.08. The van der Waals surface area contributed by atoms with E-state index in [9.17, 15) is 22.8 Å². The van der Waals surface area contributed by atoms with Crippen LogP contribution in [-0.4, -0.2) is 58.3 Å². The molecule has 2 aliphatic rings. The number of thiazole rings is 1. The fourth-order valence-electron chi connectivity index (χ4n) is 4.13. The molecule has 2 aromatic rings. The maximum absolute atomic E-state index is 13.9. The molecule has 1 fully saturated rings. The molecule has 1 aliphatic heterocycles. The lowest BCUT2D eigenvalue weighted by Gasteiger charge is -2.38. The van der Waals surface area contributed by atoms with Crippen molar-refractivity contribution in [2.24, 2.45) is 5.92 Å². The molecule has 0 spiro atoms. The Hall–Kier alpha value is -2.47. The number of carbonyl (C=O) groups is 1. The molecule has 1 aliphatic carbocycles. The molecule has 8 nitrogen and oxygen atoms in total. The van der Waals surface area contributed by atoms with Gasteiger partial charge in [0.2, 0.25) is 5.95 Å². The largest absolute Gasteiger partial charge is 0.408 e. The Labute approximate surface area is 192 Å². The van der Waals surface area contributed by atoms with Crippen LogP contribution in [0.3, 0.4) is 0 Å². The minimum Gasteiger partial charge on any atom is -0.376 e. The topological polar surface area (TPSA) is 89.4 Å². The molecule has 0 aromatic carbocycles. The van der Waals surface area contributed by atoms with Gasteiger partial charge >= 0.3 is 6.18 Å². The second kappa shape index (κ2) is 9.41. The van der Waals surface area contributed by atoms with Crippen LogP contribution in [-0.2, 0) is 11.3 Å². The van der Waals surface area contributed by atoms with Crippen LogP contribution in [0.15, 0.2) is 16.4 Å². The molecule has 180 valence electrons. The van der Waals surface area contributed by atoms with Crippen molar-refractivity contribution >= 4 is 28.9 Å². The first-order valence-electron chi connectivity index (χ1n) is 10.9. The number of halogens is 3. The van der Waals surface area contributed by atoms with E-state index in [1.807, 2.05) is 6.92 Å². The van der Waals surface area contributed by atoms with Gasteiger partial charge in [0.25, 0.3) is 5.56 Å². The second-order valence-corrected chi connectivity index (χ2v) is 9.16. The van der Waals surface area contributed by atoms with E-state index in [4.69, 9.17) is 4.74 Å². The Balaban J connectivity index is 1.64. The zero-order valence-corrected chi connectivity index (χ0v) is 19.2. The third-order valence-corrected chi connectivity index (χ3v) is 6.92. The Morgan fingerprint density at radius 2 is 2.12 bits per heavy atom. The maximum atomic E-state index is 13.9. The average Bonchev–Trinajstić information content (AvgIpc) is 3.50. The number of alkyl halides is 3. The van der Waals surface area contributed by atoms with E-state index in [2.05, 4.69) is 15.3 Å². The van der Waals surface area contributed by atoms with Gasteiger partial charge in [-0.15, -0.1) is 11.3 Å². The summed E-state index contributed by atoms with van der Waals surface area (Å²) in [5, 5.41) is 3.06. The number of aromatic nitrogens is 3. The van der Waals surface area contributed by atoms with Gasteiger partial charge in [0, 0.05) is 25.8 Å². The molecule has 0 saturated heterocycles. The van der Waals surface area contributed by atoms with Crippen LogP contribution in [0.5, 0.6) is 0 Å². The van der Waals surface area contributed by atoms with Crippen molar-refractivity contribution in [1.82, 2.24) is 14.5 Å². The summed E-state index contributed by atoms with van der Waals surface area (Å²) in [6, 6.07) is -0.639. The van der Waals surface area contributed by atoms with Gasteiger partial charge in [-0.3, -0.25) is 14.2 Å². The molecule has 1 N–H and O–H groups in total. The number of fused-ring (bicyclic) bond motifs is 1. The van der Waals surface area contributed by atoms with Crippen molar-refractivity contribution in [3.63, 3.8) is 0 Å². The molecule has 0 radical (unpaired) electrons. The molecule has 4 rings (SSSR count). The normalized spacial score (nSPS) is 19.3. The monoisotopic (exact) mass is 485 g/mol.